The largest absolute Gasteiger partial charge is 0.337 e. The van der Waals surface area contributed by atoms with Gasteiger partial charge in [0.2, 0.25) is 0 Å². The van der Waals surface area contributed by atoms with Gasteiger partial charge in [0.05, 0.1) is 33.6 Å². The molecular formula is C25H26ClFN4O2S. The van der Waals surface area contributed by atoms with Crippen LogP contribution in [-0.2, 0) is 5.54 Å². The number of nitrogens with zero attached hydrogens (tertiary/aromatic N) is 3. The van der Waals surface area contributed by atoms with Gasteiger partial charge in [-0.25, -0.2) is 4.39 Å². The van der Waals surface area contributed by atoms with Gasteiger partial charge < -0.3 is 10.2 Å². The molecule has 0 atom stereocenters. The number of benzene rings is 2. The highest BCUT2D eigenvalue weighted by molar-refractivity contribution is 7.99. The fourth-order valence-electron chi connectivity index (χ4n) is 3.81. The highest BCUT2D eigenvalue weighted by atomic mass is 35.5. The zero-order valence-corrected chi connectivity index (χ0v) is 20.8. The minimum Gasteiger partial charge on any atom is -0.337 e. The van der Waals surface area contributed by atoms with Crippen LogP contribution in [0.3, 0.4) is 0 Å². The van der Waals surface area contributed by atoms with Crippen molar-refractivity contribution in [3.05, 3.63) is 70.6 Å². The lowest BCUT2D eigenvalue weighted by atomic mass is 10.0. The number of carbonyl (C=O) groups is 2. The molecule has 0 bridgehead atoms. The molecule has 0 saturated carbocycles. The van der Waals surface area contributed by atoms with Gasteiger partial charge in [-0.3, -0.25) is 14.3 Å². The van der Waals surface area contributed by atoms with Gasteiger partial charge in [-0.2, -0.15) is 16.9 Å². The fourth-order valence-corrected chi connectivity index (χ4v) is 4.91. The van der Waals surface area contributed by atoms with E-state index in [0.717, 1.165) is 11.5 Å². The maximum Gasteiger partial charge on any atom is 0.259 e. The van der Waals surface area contributed by atoms with Crippen LogP contribution in [0, 0.1) is 5.82 Å². The predicted molar refractivity (Wildman–Crippen MR) is 135 cm³/mol. The van der Waals surface area contributed by atoms with E-state index in [2.05, 4.69) is 10.4 Å². The molecule has 1 saturated heterocycles. The van der Waals surface area contributed by atoms with Crippen molar-refractivity contribution in [1.82, 2.24) is 14.7 Å². The number of aromatic nitrogens is 2. The van der Waals surface area contributed by atoms with Crippen molar-refractivity contribution in [2.24, 2.45) is 0 Å². The molecule has 3 aromatic rings. The van der Waals surface area contributed by atoms with Gasteiger partial charge in [0.1, 0.15) is 5.82 Å². The molecule has 178 valence electrons. The Bertz CT molecular complexity index is 1210. The molecule has 6 nitrogen and oxygen atoms in total. The highest BCUT2D eigenvalue weighted by Gasteiger charge is 2.26. The van der Waals surface area contributed by atoms with E-state index in [9.17, 15) is 14.0 Å². The zero-order valence-electron chi connectivity index (χ0n) is 19.3. The molecule has 2 amide bonds. The molecule has 34 heavy (non-hydrogen) atoms. The summed E-state index contributed by atoms with van der Waals surface area (Å²) >= 11 is 8.14. The minimum atomic E-state index is -0.408. The van der Waals surface area contributed by atoms with Crippen molar-refractivity contribution in [2.75, 3.05) is 29.9 Å². The molecule has 1 aliphatic rings. The summed E-state index contributed by atoms with van der Waals surface area (Å²) in [5.41, 5.74) is 2.01. The van der Waals surface area contributed by atoms with E-state index >= 15 is 0 Å². The second-order valence-corrected chi connectivity index (χ2v) is 10.7. The Morgan fingerprint density at radius 1 is 1.06 bits per heavy atom. The number of halogens is 2. The first-order valence-corrected chi connectivity index (χ1v) is 12.5. The van der Waals surface area contributed by atoms with E-state index in [4.69, 9.17) is 11.6 Å². The van der Waals surface area contributed by atoms with Crippen molar-refractivity contribution >= 4 is 40.9 Å². The summed E-state index contributed by atoms with van der Waals surface area (Å²) in [6.45, 7) is 7.27. The third-order valence-electron chi connectivity index (χ3n) is 5.52. The Labute approximate surface area is 207 Å². The van der Waals surface area contributed by atoms with Gasteiger partial charge in [-0.1, -0.05) is 11.6 Å². The smallest absolute Gasteiger partial charge is 0.259 e. The molecule has 0 aliphatic carbocycles. The first-order valence-electron chi connectivity index (χ1n) is 11.0. The van der Waals surface area contributed by atoms with Crippen molar-refractivity contribution in [3.8, 4) is 11.3 Å². The molecule has 9 heteroatoms. The fraction of sp³-hybridized carbons (Fsp3) is 0.320. The second-order valence-electron chi connectivity index (χ2n) is 9.05. The van der Waals surface area contributed by atoms with Crippen LogP contribution in [0.2, 0.25) is 5.02 Å². The molecule has 0 spiro atoms. The van der Waals surface area contributed by atoms with Crippen LogP contribution < -0.4 is 5.32 Å². The van der Waals surface area contributed by atoms with Gasteiger partial charge in [-0.05, 0) is 63.2 Å². The SMILES string of the molecule is CC(C)(C)n1ncc(C(=O)Nc2ccc(Cl)c(C(=O)N3CCSCC3)c2)c1-c1ccc(F)cc1. The van der Waals surface area contributed by atoms with E-state index in [0.29, 0.717) is 46.2 Å². The first-order chi connectivity index (χ1) is 16.1. The van der Waals surface area contributed by atoms with Crippen molar-refractivity contribution in [3.63, 3.8) is 0 Å². The topological polar surface area (TPSA) is 67.2 Å². The van der Waals surface area contributed by atoms with E-state index in [1.165, 1.54) is 18.3 Å². The average Bonchev–Trinajstić information content (AvgIpc) is 3.27. The monoisotopic (exact) mass is 500 g/mol. The third-order valence-corrected chi connectivity index (χ3v) is 6.79. The van der Waals surface area contributed by atoms with Crippen molar-refractivity contribution < 1.29 is 14.0 Å². The van der Waals surface area contributed by atoms with Crippen LogP contribution in [0.1, 0.15) is 41.5 Å². The zero-order chi connectivity index (χ0) is 24.5. The second kappa shape index (κ2) is 9.80. The molecule has 1 N–H and O–H groups in total. The summed E-state index contributed by atoms with van der Waals surface area (Å²) < 4.78 is 15.3. The number of thioether (sulfide) groups is 1. The number of amides is 2. The number of carbonyl (C=O) groups excluding carboxylic acids is 2. The molecule has 0 radical (unpaired) electrons. The maximum atomic E-state index is 13.5. The Balaban J connectivity index is 1.65. The van der Waals surface area contributed by atoms with Crippen molar-refractivity contribution in [2.45, 2.75) is 26.3 Å². The van der Waals surface area contributed by atoms with E-state index < -0.39 is 5.54 Å². The Hall–Kier alpha value is -2.84. The van der Waals surface area contributed by atoms with Crippen LogP contribution in [0.15, 0.2) is 48.7 Å². The lowest BCUT2D eigenvalue weighted by Gasteiger charge is -2.27. The van der Waals surface area contributed by atoms with E-state index in [-0.39, 0.29) is 17.6 Å². The molecule has 1 aromatic heterocycles. The summed E-state index contributed by atoms with van der Waals surface area (Å²) in [6, 6.07) is 10.8. The van der Waals surface area contributed by atoms with Crippen LogP contribution in [0.25, 0.3) is 11.3 Å². The number of anilines is 1. The first kappa shape index (κ1) is 24.3. The van der Waals surface area contributed by atoms with Gasteiger partial charge in [0.25, 0.3) is 11.8 Å². The van der Waals surface area contributed by atoms with Crippen LogP contribution in [0.5, 0.6) is 0 Å². The maximum absolute atomic E-state index is 13.5. The quantitative estimate of drug-likeness (QED) is 0.511. The predicted octanol–water partition coefficient (Wildman–Crippen LogP) is 5.54. The summed E-state index contributed by atoms with van der Waals surface area (Å²) in [5, 5.41) is 7.66. The number of hydrogen-bond donors (Lipinski definition) is 1. The third kappa shape index (κ3) is 5.13. The van der Waals surface area contributed by atoms with Gasteiger partial charge in [0, 0.05) is 35.8 Å². The molecule has 2 aromatic carbocycles. The van der Waals surface area contributed by atoms with Crippen molar-refractivity contribution in [1.29, 1.82) is 0 Å². The lowest BCUT2D eigenvalue weighted by Crippen LogP contribution is -2.38. The Morgan fingerprint density at radius 2 is 1.74 bits per heavy atom. The Kier molecular flexibility index (Phi) is 7.00. The number of nitrogens with one attached hydrogen (secondary N) is 1. The highest BCUT2D eigenvalue weighted by Crippen LogP contribution is 2.30. The van der Waals surface area contributed by atoms with Gasteiger partial charge >= 0.3 is 0 Å². The summed E-state index contributed by atoms with van der Waals surface area (Å²) in [4.78, 5) is 28.1. The summed E-state index contributed by atoms with van der Waals surface area (Å²) in [6.07, 6.45) is 1.51. The molecule has 2 heterocycles. The van der Waals surface area contributed by atoms with E-state index in [1.54, 1.807) is 39.9 Å². The van der Waals surface area contributed by atoms with Crippen LogP contribution in [0.4, 0.5) is 10.1 Å². The molecule has 4 rings (SSSR count). The summed E-state index contributed by atoms with van der Waals surface area (Å²) in [7, 11) is 0. The lowest BCUT2D eigenvalue weighted by molar-refractivity contribution is 0.0772. The Morgan fingerprint density at radius 3 is 2.38 bits per heavy atom. The molecule has 1 aliphatic heterocycles. The normalized spacial score (nSPS) is 14.2. The molecule has 1 fully saturated rings. The molecule has 0 unspecified atom stereocenters. The van der Waals surface area contributed by atoms with Crippen LogP contribution >= 0.6 is 23.4 Å². The molecular weight excluding hydrogens is 475 g/mol. The van der Waals surface area contributed by atoms with Crippen LogP contribution in [-0.4, -0.2) is 51.1 Å². The average molecular weight is 501 g/mol. The standard InChI is InChI=1S/C25H26ClFN4O2S/c1-25(2,3)31-22(16-4-6-17(27)7-5-16)20(15-28-31)23(32)29-18-8-9-21(26)19(14-18)24(33)30-10-12-34-13-11-30/h4-9,14-15H,10-13H2,1-3H3,(H,29,32). The van der Waals surface area contributed by atoms with Gasteiger partial charge in [0.15, 0.2) is 0 Å². The minimum absolute atomic E-state index is 0.144. The summed E-state index contributed by atoms with van der Waals surface area (Å²) in [5.74, 6) is 0.897. The number of hydrogen-bond acceptors (Lipinski definition) is 4. The van der Waals surface area contributed by atoms with Gasteiger partial charge in [-0.15, -0.1) is 0 Å². The number of rotatable bonds is 4. The van der Waals surface area contributed by atoms with E-state index in [1.807, 2.05) is 32.5 Å².